The predicted octanol–water partition coefficient (Wildman–Crippen LogP) is 3.18. The number of sulfonamides is 1. The Bertz CT molecular complexity index is 1780. The van der Waals surface area contributed by atoms with E-state index in [9.17, 15) is 27.9 Å². The van der Waals surface area contributed by atoms with E-state index in [4.69, 9.17) is 9.47 Å². The number of carbonyl (C=O) groups is 2. The fraction of sp³-hybridized carbons (Fsp3) is 0.179. The number of rotatable bonds is 9. The zero-order valence-corrected chi connectivity index (χ0v) is 23.4. The molecule has 0 bridgehead atoms. The number of methoxy groups -OCH3 is 1. The lowest BCUT2D eigenvalue weighted by Gasteiger charge is -2.15. The van der Waals surface area contributed by atoms with Crippen molar-refractivity contribution in [2.45, 2.75) is 24.8 Å². The van der Waals surface area contributed by atoms with E-state index >= 15 is 0 Å². The highest BCUT2D eigenvalue weighted by Crippen LogP contribution is 2.28. The highest BCUT2D eigenvalue weighted by molar-refractivity contribution is 7.92. The van der Waals surface area contributed by atoms with E-state index in [1.807, 2.05) is 6.07 Å². The molecule has 3 N–H and O–H groups in total. The van der Waals surface area contributed by atoms with Gasteiger partial charge in [0.25, 0.3) is 21.5 Å². The van der Waals surface area contributed by atoms with Crippen molar-refractivity contribution in [1.29, 1.82) is 0 Å². The third-order valence-corrected chi connectivity index (χ3v) is 7.67. The van der Waals surface area contributed by atoms with E-state index in [1.165, 1.54) is 24.8 Å². The average Bonchev–Trinajstić information content (AvgIpc) is 3.16. The smallest absolute Gasteiger partial charge is 0.342 e. The monoisotopic (exact) mass is 580 g/mol. The Morgan fingerprint density at radius 2 is 1.66 bits per heavy atom. The molecule has 0 saturated carbocycles. The SMILES string of the molecule is COc1ccccc1NS(=O)(=O)c1ccc(O)c(C(=O)OC(C)C(=O)Nc2c(C)n(C)n(-c3ccccc3)c2=O)c1. The normalized spacial score (nSPS) is 11.9. The Balaban J connectivity index is 1.52. The molecule has 4 rings (SSSR count). The van der Waals surface area contributed by atoms with Gasteiger partial charge in [-0.25, -0.2) is 17.9 Å². The summed E-state index contributed by atoms with van der Waals surface area (Å²) in [7, 11) is -1.16. The first-order valence-electron chi connectivity index (χ1n) is 12.3. The van der Waals surface area contributed by atoms with Crippen LogP contribution in [0.1, 0.15) is 23.0 Å². The van der Waals surface area contributed by atoms with Gasteiger partial charge in [-0.3, -0.25) is 19.0 Å². The highest BCUT2D eigenvalue weighted by Gasteiger charge is 2.26. The Morgan fingerprint density at radius 3 is 2.34 bits per heavy atom. The van der Waals surface area contributed by atoms with Gasteiger partial charge in [-0.05, 0) is 56.3 Å². The molecular weight excluding hydrogens is 552 g/mol. The van der Waals surface area contributed by atoms with Crippen molar-refractivity contribution in [3.05, 3.63) is 94.4 Å². The number of aromatic nitrogens is 2. The van der Waals surface area contributed by atoms with Crippen LogP contribution < -0.4 is 20.3 Å². The first-order valence-corrected chi connectivity index (χ1v) is 13.8. The second kappa shape index (κ2) is 11.6. The number of esters is 1. The van der Waals surface area contributed by atoms with E-state index in [0.29, 0.717) is 11.4 Å². The summed E-state index contributed by atoms with van der Waals surface area (Å²) >= 11 is 0. The van der Waals surface area contributed by atoms with Crippen LogP contribution >= 0.6 is 0 Å². The number of ether oxygens (including phenoxy) is 2. The van der Waals surface area contributed by atoms with Crippen LogP contribution in [0, 0.1) is 6.92 Å². The Labute approximate surface area is 235 Å². The summed E-state index contributed by atoms with van der Waals surface area (Å²) in [6, 6.07) is 18.2. The van der Waals surface area contributed by atoms with Gasteiger partial charge in [0.15, 0.2) is 6.10 Å². The molecule has 4 aromatic rings. The van der Waals surface area contributed by atoms with Gasteiger partial charge in [0.2, 0.25) is 0 Å². The van der Waals surface area contributed by atoms with Gasteiger partial charge in [0.1, 0.15) is 22.7 Å². The number of hydrogen-bond donors (Lipinski definition) is 3. The molecule has 0 radical (unpaired) electrons. The second-order valence-electron chi connectivity index (χ2n) is 8.96. The Hall–Kier alpha value is -5.04. The molecule has 0 aliphatic rings. The van der Waals surface area contributed by atoms with Crippen LogP contribution in [-0.2, 0) is 26.6 Å². The number of amides is 1. The highest BCUT2D eigenvalue weighted by atomic mass is 32.2. The van der Waals surface area contributed by atoms with Gasteiger partial charge in [0, 0.05) is 7.05 Å². The van der Waals surface area contributed by atoms with Crippen LogP contribution in [0.4, 0.5) is 11.4 Å². The maximum absolute atomic E-state index is 13.1. The molecule has 13 heteroatoms. The van der Waals surface area contributed by atoms with Crippen LogP contribution in [0.25, 0.3) is 5.69 Å². The Morgan fingerprint density at radius 1 is 1.00 bits per heavy atom. The van der Waals surface area contributed by atoms with Crippen LogP contribution in [0.15, 0.2) is 82.5 Å². The Kier molecular flexibility index (Phi) is 8.19. The lowest BCUT2D eigenvalue weighted by molar-refractivity contribution is -0.123. The number of hydrogen-bond acceptors (Lipinski definition) is 8. The van der Waals surface area contributed by atoms with Crippen molar-refractivity contribution < 1.29 is 32.6 Å². The number of anilines is 2. The number of para-hydroxylation sites is 3. The quantitative estimate of drug-likeness (QED) is 0.255. The van der Waals surface area contributed by atoms with Crippen molar-refractivity contribution in [1.82, 2.24) is 9.36 Å². The third kappa shape index (κ3) is 5.94. The first kappa shape index (κ1) is 29.0. The number of nitrogens with one attached hydrogen (secondary N) is 2. The van der Waals surface area contributed by atoms with Crippen molar-refractivity contribution in [3.63, 3.8) is 0 Å². The molecule has 1 heterocycles. The first-order chi connectivity index (χ1) is 19.4. The van der Waals surface area contributed by atoms with Crippen molar-refractivity contribution >= 4 is 33.3 Å². The van der Waals surface area contributed by atoms with Crippen LogP contribution in [0.5, 0.6) is 11.5 Å². The topological polar surface area (TPSA) is 158 Å². The summed E-state index contributed by atoms with van der Waals surface area (Å²) in [5, 5.41) is 12.8. The number of phenols is 1. The van der Waals surface area contributed by atoms with E-state index in [2.05, 4.69) is 10.0 Å². The van der Waals surface area contributed by atoms with E-state index in [1.54, 1.807) is 61.1 Å². The van der Waals surface area contributed by atoms with E-state index in [-0.39, 0.29) is 22.0 Å². The standard InChI is InChI=1S/C28H28N4O8S/c1-17-25(27(35)32(31(17)3)19-10-6-5-7-11-19)29-26(34)18(2)40-28(36)21-16-20(14-15-23(21)33)41(37,38)30-22-12-8-9-13-24(22)39-4/h5-16,18,30,33H,1-4H3,(H,29,34). The molecule has 1 amide bonds. The molecule has 1 atom stereocenters. The molecule has 1 aromatic heterocycles. The largest absolute Gasteiger partial charge is 0.507 e. The van der Waals surface area contributed by atoms with Crippen molar-refractivity contribution in [2.75, 3.05) is 17.1 Å². The van der Waals surface area contributed by atoms with Gasteiger partial charge < -0.3 is 19.9 Å². The molecule has 41 heavy (non-hydrogen) atoms. The van der Waals surface area contributed by atoms with Crippen LogP contribution in [-0.4, -0.2) is 48.0 Å². The number of benzene rings is 3. The summed E-state index contributed by atoms with van der Waals surface area (Å²) < 4.78 is 41.7. The van der Waals surface area contributed by atoms with Crippen molar-refractivity contribution in [3.8, 4) is 17.2 Å². The number of phenolic OH excluding ortho intramolecular Hbond substituents is 1. The molecular formula is C28H28N4O8S. The summed E-state index contributed by atoms with van der Waals surface area (Å²) in [6.45, 7) is 2.93. The molecule has 214 valence electrons. The fourth-order valence-corrected chi connectivity index (χ4v) is 5.09. The van der Waals surface area contributed by atoms with E-state index < -0.39 is 44.9 Å². The van der Waals surface area contributed by atoms with Gasteiger partial charge in [-0.1, -0.05) is 30.3 Å². The summed E-state index contributed by atoms with van der Waals surface area (Å²) in [5.41, 5.74) is 0.260. The minimum atomic E-state index is -4.21. The minimum absolute atomic E-state index is 0.00241. The van der Waals surface area contributed by atoms with Gasteiger partial charge in [-0.15, -0.1) is 0 Å². The molecule has 3 aromatic carbocycles. The molecule has 0 aliphatic carbocycles. The van der Waals surface area contributed by atoms with Gasteiger partial charge in [-0.2, -0.15) is 0 Å². The summed E-state index contributed by atoms with van der Waals surface area (Å²) in [5.74, 6) is -2.22. The zero-order valence-electron chi connectivity index (χ0n) is 22.6. The molecule has 12 nitrogen and oxygen atoms in total. The average molecular weight is 581 g/mol. The van der Waals surface area contributed by atoms with E-state index in [0.717, 1.165) is 18.2 Å². The lowest BCUT2D eigenvalue weighted by Crippen LogP contribution is -2.32. The predicted molar refractivity (Wildman–Crippen MR) is 151 cm³/mol. The number of nitrogens with zero attached hydrogens (tertiary/aromatic N) is 2. The summed E-state index contributed by atoms with van der Waals surface area (Å²) in [4.78, 5) is 38.5. The molecule has 1 unspecified atom stereocenters. The minimum Gasteiger partial charge on any atom is -0.507 e. The fourth-order valence-electron chi connectivity index (χ4n) is 3.99. The van der Waals surface area contributed by atoms with Gasteiger partial charge in [0.05, 0.1) is 29.1 Å². The van der Waals surface area contributed by atoms with Crippen LogP contribution in [0.2, 0.25) is 0 Å². The maximum atomic E-state index is 13.1. The third-order valence-electron chi connectivity index (χ3n) is 6.30. The van der Waals surface area contributed by atoms with Crippen molar-refractivity contribution in [2.24, 2.45) is 7.05 Å². The van der Waals surface area contributed by atoms with Crippen LogP contribution in [0.3, 0.4) is 0 Å². The molecule has 0 saturated heterocycles. The summed E-state index contributed by atoms with van der Waals surface area (Å²) in [6.07, 6.45) is -1.40. The second-order valence-corrected chi connectivity index (χ2v) is 10.6. The maximum Gasteiger partial charge on any atom is 0.342 e. The molecule has 0 fully saturated rings. The van der Waals surface area contributed by atoms with Gasteiger partial charge >= 0.3 is 5.97 Å². The number of aromatic hydroxyl groups is 1. The number of carbonyl (C=O) groups excluding carboxylic acids is 2. The lowest BCUT2D eigenvalue weighted by atomic mass is 10.2. The molecule has 0 spiro atoms. The zero-order chi connectivity index (χ0) is 29.9. The molecule has 0 aliphatic heterocycles.